The van der Waals surface area contributed by atoms with Crippen LogP contribution in [0.4, 0.5) is 0 Å². The lowest BCUT2D eigenvalue weighted by molar-refractivity contribution is -0.145. The molecule has 3 rings (SSSR count). The standard InChI is InChI=1S/C19H18N2O6S/c1-12-6-7-13(28-12)8-9-18(23)26-11-17(22)20-21-19(24)16-10-25-14-4-2-3-5-15(14)27-16/h2-9,16H,10-11H2,1H3,(H,20,22)(H,21,24)/b9-8+. The number of amides is 2. The van der Waals surface area contributed by atoms with Crippen molar-refractivity contribution in [2.45, 2.75) is 13.0 Å². The fourth-order valence-electron chi connectivity index (χ4n) is 2.27. The molecule has 0 fully saturated rings. The number of carbonyl (C=O) groups is 3. The summed E-state index contributed by atoms with van der Waals surface area (Å²) in [5.74, 6) is -0.926. The number of ether oxygens (including phenoxy) is 3. The molecule has 0 bridgehead atoms. The fraction of sp³-hybridized carbons (Fsp3) is 0.211. The Balaban J connectivity index is 1.38. The van der Waals surface area contributed by atoms with Crippen LogP contribution in [0.15, 0.2) is 42.5 Å². The van der Waals surface area contributed by atoms with Gasteiger partial charge in [0.05, 0.1) is 0 Å². The van der Waals surface area contributed by atoms with Gasteiger partial charge in [-0.25, -0.2) is 4.79 Å². The van der Waals surface area contributed by atoms with Gasteiger partial charge in [-0.15, -0.1) is 11.3 Å². The van der Waals surface area contributed by atoms with Crippen LogP contribution in [0.2, 0.25) is 0 Å². The van der Waals surface area contributed by atoms with Crippen LogP contribution in [0.5, 0.6) is 11.5 Å². The Labute approximate surface area is 165 Å². The molecule has 146 valence electrons. The van der Waals surface area contributed by atoms with Gasteiger partial charge >= 0.3 is 5.97 Å². The molecule has 0 saturated carbocycles. The Morgan fingerprint density at radius 3 is 2.71 bits per heavy atom. The summed E-state index contributed by atoms with van der Waals surface area (Å²) in [6, 6.07) is 10.8. The SMILES string of the molecule is Cc1ccc(/C=C/C(=O)OCC(=O)NNC(=O)C2COc3ccccc3O2)s1. The zero-order chi connectivity index (χ0) is 19.9. The van der Waals surface area contributed by atoms with Crippen LogP contribution in [0.25, 0.3) is 6.08 Å². The first-order valence-electron chi connectivity index (χ1n) is 8.40. The number of rotatable bonds is 5. The smallest absolute Gasteiger partial charge is 0.331 e. The molecule has 9 heteroatoms. The first kappa shape index (κ1) is 19.4. The van der Waals surface area contributed by atoms with Crippen molar-refractivity contribution in [3.8, 4) is 11.5 Å². The van der Waals surface area contributed by atoms with E-state index < -0.39 is 30.5 Å². The maximum atomic E-state index is 12.1. The molecule has 1 aromatic heterocycles. The summed E-state index contributed by atoms with van der Waals surface area (Å²) in [6.07, 6.45) is 1.94. The maximum absolute atomic E-state index is 12.1. The van der Waals surface area contributed by atoms with Crippen molar-refractivity contribution < 1.29 is 28.6 Å². The number of nitrogens with one attached hydrogen (secondary N) is 2. The van der Waals surface area contributed by atoms with Gasteiger partial charge in [-0.2, -0.15) is 0 Å². The number of esters is 1. The Hall–Kier alpha value is -3.33. The fourth-order valence-corrected chi connectivity index (χ4v) is 3.05. The van der Waals surface area contributed by atoms with Crippen LogP contribution in [0, 0.1) is 6.92 Å². The number of thiophene rings is 1. The van der Waals surface area contributed by atoms with Crippen molar-refractivity contribution in [2.24, 2.45) is 0 Å². The van der Waals surface area contributed by atoms with Gasteiger partial charge in [0.2, 0.25) is 6.10 Å². The van der Waals surface area contributed by atoms with Crippen molar-refractivity contribution in [1.82, 2.24) is 10.9 Å². The van der Waals surface area contributed by atoms with E-state index in [0.717, 1.165) is 9.75 Å². The highest BCUT2D eigenvalue weighted by molar-refractivity contribution is 7.12. The molecule has 1 aliphatic heterocycles. The van der Waals surface area contributed by atoms with E-state index in [1.165, 1.54) is 17.4 Å². The van der Waals surface area contributed by atoms with E-state index in [2.05, 4.69) is 10.9 Å². The van der Waals surface area contributed by atoms with Gasteiger partial charge in [0.1, 0.15) is 6.61 Å². The minimum absolute atomic E-state index is 0.0146. The highest BCUT2D eigenvalue weighted by Gasteiger charge is 2.27. The molecular formula is C19H18N2O6S. The number of para-hydroxylation sites is 2. The molecule has 0 aliphatic carbocycles. The van der Waals surface area contributed by atoms with Gasteiger partial charge in [-0.1, -0.05) is 12.1 Å². The highest BCUT2D eigenvalue weighted by atomic mass is 32.1. The van der Waals surface area contributed by atoms with E-state index >= 15 is 0 Å². The minimum Gasteiger partial charge on any atom is -0.485 e. The lowest BCUT2D eigenvalue weighted by atomic mass is 10.2. The zero-order valence-electron chi connectivity index (χ0n) is 15.0. The summed E-state index contributed by atoms with van der Waals surface area (Å²) >= 11 is 1.53. The average molecular weight is 402 g/mol. The van der Waals surface area contributed by atoms with E-state index in [4.69, 9.17) is 14.2 Å². The molecule has 1 atom stereocenters. The van der Waals surface area contributed by atoms with Crippen molar-refractivity contribution in [2.75, 3.05) is 13.2 Å². The van der Waals surface area contributed by atoms with Crippen LogP contribution in [0.3, 0.4) is 0 Å². The molecule has 1 aromatic carbocycles. The Morgan fingerprint density at radius 1 is 1.18 bits per heavy atom. The highest BCUT2D eigenvalue weighted by Crippen LogP contribution is 2.30. The van der Waals surface area contributed by atoms with E-state index in [0.29, 0.717) is 11.5 Å². The summed E-state index contributed by atoms with van der Waals surface area (Å²) in [6.45, 7) is 1.45. The molecular weight excluding hydrogens is 384 g/mol. The lowest BCUT2D eigenvalue weighted by Crippen LogP contribution is -2.51. The Bertz CT molecular complexity index is 907. The number of hydrogen-bond acceptors (Lipinski definition) is 7. The molecule has 2 N–H and O–H groups in total. The van der Waals surface area contributed by atoms with Gasteiger partial charge in [-0.05, 0) is 37.3 Å². The van der Waals surface area contributed by atoms with Crippen molar-refractivity contribution in [1.29, 1.82) is 0 Å². The number of carbonyl (C=O) groups excluding carboxylic acids is 3. The van der Waals surface area contributed by atoms with Crippen LogP contribution in [-0.4, -0.2) is 37.1 Å². The van der Waals surface area contributed by atoms with E-state index in [1.807, 2.05) is 19.1 Å². The second-order valence-electron chi connectivity index (χ2n) is 5.79. The van der Waals surface area contributed by atoms with Gasteiger partial charge < -0.3 is 14.2 Å². The molecule has 0 radical (unpaired) electrons. The number of aryl methyl sites for hydroxylation is 1. The molecule has 2 aromatic rings. The Morgan fingerprint density at radius 2 is 1.96 bits per heavy atom. The monoisotopic (exact) mass is 402 g/mol. The quantitative estimate of drug-likeness (QED) is 0.447. The predicted octanol–water partition coefficient (Wildman–Crippen LogP) is 1.60. The van der Waals surface area contributed by atoms with Crippen LogP contribution < -0.4 is 20.3 Å². The van der Waals surface area contributed by atoms with Crippen molar-refractivity contribution >= 4 is 35.2 Å². The summed E-state index contributed by atoms with van der Waals surface area (Å²) in [5, 5.41) is 0. The van der Waals surface area contributed by atoms with Gasteiger partial charge in [0, 0.05) is 15.8 Å². The zero-order valence-corrected chi connectivity index (χ0v) is 15.8. The molecule has 8 nitrogen and oxygen atoms in total. The third-order valence-electron chi connectivity index (χ3n) is 3.62. The molecule has 2 heterocycles. The molecule has 2 amide bonds. The van der Waals surface area contributed by atoms with Gasteiger partial charge in [0.15, 0.2) is 18.1 Å². The second-order valence-corrected chi connectivity index (χ2v) is 7.11. The first-order chi connectivity index (χ1) is 13.5. The second kappa shape index (κ2) is 9.05. The normalized spacial score (nSPS) is 15.1. The van der Waals surface area contributed by atoms with Crippen molar-refractivity contribution in [3.63, 3.8) is 0 Å². The number of hydrazine groups is 1. The summed E-state index contributed by atoms with van der Waals surface area (Å²) in [4.78, 5) is 37.4. The summed E-state index contributed by atoms with van der Waals surface area (Å²) < 4.78 is 15.8. The number of benzene rings is 1. The molecule has 1 unspecified atom stereocenters. The molecule has 0 spiro atoms. The summed E-state index contributed by atoms with van der Waals surface area (Å²) in [5.41, 5.74) is 4.38. The largest absolute Gasteiger partial charge is 0.485 e. The van der Waals surface area contributed by atoms with Crippen LogP contribution in [0.1, 0.15) is 9.75 Å². The van der Waals surface area contributed by atoms with Crippen LogP contribution >= 0.6 is 11.3 Å². The van der Waals surface area contributed by atoms with Gasteiger partial charge in [0.25, 0.3) is 11.8 Å². The average Bonchev–Trinajstić information content (AvgIpc) is 3.13. The van der Waals surface area contributed by atoms with E-state index in [9.17, 15) is 14.4 Å². The molecule has 28 heavy (non-hydrogen) atoms. The van der Waals surface area contributed by atoms with Gasteiger partial charge in [-0.3, -0.25) is 20.4 Å². The third kappa shape index (κ3) is 5.34. The minimum atomic E-state index is -0.907. The van der Waals surface area contributed by atoms with E-state index in [-0.39, 0.29) is 6.61 Å². The predicted molar refractivity (Wildman–Crippen MR) is 102 cm³/mol. The van der Waals surface area contributed by atoms with Crippen molar-refractivity contribution in [3.05, 3.63) is 52.2 Å². The number of fused-ring (bicyclic) bond motifs is 1. The number of hydrogen-bond donors (Lipinski definition) is 2. The summed E-state index contributed by atoms with van der Waals surface area (Å²) in [7, 11) is 0. The Kier molecular flexibility index (Phi) is 6.28. The molecule has 1 aliphatic rings. The van der Waals surface area contributed by atoms with Crippen LogP contribution in [-0.2, 0) is 19.1 Å². The maximum Gasteiger partial charge on any atom is 0.331 e. The molecule has 0 saturated heterocycles. The topological polar surface area (TPSA) is 103 Å². The first-order valence-corrected chi connectivity index (χ1v) is 9.21. The van der Waals surface area contributed by atoms with E-state index in [1.54, 1.807) is 30.3 Å². The third-order valence-corrected chi connectivity index (χ3v) is 4.58. The lowest BCUT2D eigenvalue weighted by Gasteiger charge is -2.25.